The van der Waals surface area contributed by atoms with Crippen LogP contribution in [0.2, 0.25) is 0 Å². The summed E-state index contributed by atoms with van der Waals surface area (Å²) in [7, 11) is 0. The monoisotopic (exact) mass is 420 g/mol. The first-order valence-electron chi connectivity index (χ1n) is 9.49. The SMILES string of the molecule is Cc1ccc(Cn2nc(C)c(C=Nn3c(-c4ccc(F)cc4)n[nH]c3=S)c2C)cc1. The lowest BCUT2D eigenvalue weighted by atomic mass is 10.1. The normalized spacial score (nSPS) is 11.5. The summed E-state index contributed by atoms with van der Waals surface area (Å²) in [5, 5.41) is 16.2. The van der Waals surface area contributed by atoms with Crippen LogP contribution >= 0.6 is 12.2 Å². The lowest BCUT2D eigenvalue weighted by molar-refractivity contribution is 0.628. The predicted octanol–water partition coefficient (Wildman–Crippen LogP) is 4.80. The standard InChI is InChI=1S/C22H21FN6S/c1-14-4-6-17(7-5-14)13-28-16(3)20(15(2)27-28)12-24-29-21(25-26-22(29)30)18-8-10-19(23)11-9-18/h4-12H,13H2,1-3H3,(H,26,30). The Morgan fingerprint density at radius 1 is 1.07 bits per heavy atom. The minimum absolute atomic E-state index is 0.310. The summed E-state index contributed by atoms with van der Waals surface area (Å²) in [6.45, 7) is 6.73. The van der Waals surface area contributed by atoms with E-state index in [0.717, 1.165) is 17.0 Å². The van der Waals surface area contributed by atoms with Gasteiger partial charge in [-0.05, 0) is 62.8 Å². The van der Waals surface area contributed by atoms with Gasteiger partial charge in [-0.1, -0.05) is 29.8 Å². The molecule has 2 heterocycles. The minimum atomic E-state index is -0.310. The average Bonchev–Trinajstić information content (AvgIpc) is 3.22. The summed E-state index contributed by atoms with van der Waals surface area (Å²) >= 11 is 5.32. The maximum absolute atomic E-state index is 13.3. The van der Waals surface area contributed by atoms with E-state index in [1.807, 2.05) is 18.5 Å². The fourth-order valence-electron chi connectivity index (χ4n) is 3.22. The van der Waals surface area contributed by atoms with Gasteiger partial charge >= 0.3 is 0 Å². The van der Waals surface area contributed by atoms with Crippen LogP contribution in [0.15, 0.2) is 53.6 Å². The molecule has 0 spiro atoms. The van der Waals surface area contributed by atoms with Crippen LogP contribution in [-0.2, 0) is 6.54 Å². The number of rotatable bonds is 5. The lowest BCUT2D eigenvalue weighted by Gasteiger charge is -2.05. The van der Waals surface area contributed by atoms with Crippen molar-refractivity contribution in [3.05, 3.63) is 87.2 Å². The van der Waals surface area contributed by atoms with Crippen LogP contribution in [0.1, 0.15) is 28.1 Å². The Balaban J connectivity index is 1.65. The van der Waals surface area contributed by atoms with Gasteiger partial charge in [-0.15, -0.1) is 0 Å². The summed E-state index contributed by atoms with van der Waals surface area (Å²) < 4.78 is 17.1. The van der Waals surface area contributed by atoms with E-state index in [4.69, 9.17) is 12.2 Å². The number of aryl methyl sites for hydroxylation is 2. The molecule has 1 N–H and O–H groups in total. The fourth-order valence-corrected chi connectivity index (χ4v) is 3.40. The van der Waals surface area contributed by atoms with E-state index in [1.165, 1.54) is 27.9 Å². The second-order valence-corrected chi connectivity index (χ2v) is 7.53. The van der Waals surface area contributed by atoms with Crippen molar-refractivity contribution in [1.82, 2.24) is 24.7 Å². The summed E-state index contributed by atoms with van der Waals surface area (Å²) in [6.07, 6.45) is 1.74. The second kappa shape index (κ2) is 8.16. The fraction of sp³-hybridized carbons (Fsp3) is 0.182. The number of hydrogen-bond acceptors (Lipinski definition) is 4. The van der Waals surface area contributed by atoms with Gasteiger partial charge in [-0.25, -0.2) is 9.49 Å². The van der Waals surface area contributed by atoms with Crippen molar-refractivity contribution in [2.75, 3.05) is 0 Å². The maximum atomic E-state index is 13.3. The van der Waals surface area contributed by atoms with E-state index in [0.29, 0.717) is 22.7 Å². The number of benzene rings is 2. The van der Waals surface area contributed by atoms with Crippen molar-refractivity contribution < 1.29 is 4.39 Å². The molecular formula is C22H21FN6S. The van der Waals surface area contributed by atoms with Gasteiger partial charge in [0.05, 0.1) is 18.5 Å². The van der Waals surface area contributed by atoms with Gasteiger partial charge < -0.3 is 0 Å². The zero-order valence-corrected chi connectivity index (χ0v) is 17.7. The van der Waals surface area contributed by atoms with Crippen LogP contribution in [0.3, 0.4) is 0 Å². The average molecular weight is 421 g/mol. The number of halogens is 1. The molecule has 152 valence electrons. The summed E-state index contributed by atoms with van der Waals surface area (Å²) in [4.78, 5) is 0. The lowest BCUT2D eigenvalue weighted by Crippen LogP contribution is -2.04. The molecule has 0 aliphatic heterocycles. The van der Waals surface area contributed by atoms with Crippen LogP contribution < -0.4 is 0 Å². The molecular weight excluding hydrogens is 399 g/mol. The van der Waals surface area contributed by atoms with E-state index in [9.17, 15) is 4.39 Å². The highest BCUT2D eigenvalue weighted by atomic mass is 32.1. The van der Waals surface area contributed by atoms with Crippen LogP contribution in [-0.4, -0.2) is 30.9 Å². The number of hydrogen-bond donors (Lipinski definition) is 1. The van der Waals surface area contributed by atoms with Crippen molar-refractivity contribution in [2.24, 2.45) is 5.10 Å². The number of nitrogens with zero attached hydrogens (tertiary/aromatic N) is 5. The molecule has 0 radical (unpaired) electrons. The summed E-state index contributed by atoms with van der Waals surface area (Å²) in [5.74, 6) is 0.203. The number of H-pyrrole nitrogens is 1. The number of aromatic amines is 1. The van der Waals surface area contributed by atoms with Gasteiger partial charge in [0.2, 0.25) is 4.77 Å². The minimum Gasteiger partial charge on any atom is -0.265 e. The number of nitrogens with one attached hydrogen (secondary N) is 1. The molecule has 0 saturated carbocycles. The van der Waals surface area contributed by atoms with E-state index in [-0.39, 0.29) is 5.82 Å². The molecule has 0 bridgehead atoms. The Hall–Kier alpha value is -3.39. The van der Waals surface area contributed by atoms with Gasteiger partial charge in [0.1, 0.15) is 5.82 Å². The molecule has 0 fully saturated rings. The molecule has 2 aromatic carbocycles. The van der Waals surface area contributed by atoms with Crippen molar-refractivity contribution in [3.8, 4) is 11.4 Å². The van der Waals surface area contributed by atoms with E-state index in [2.05, 4.69) is 51.6 Å². The Kier molecular flexibility index (Phi) is 5.41. The third-order valence-corrected chi connectivity index (χ3v) is 5.21. The Labute approximate surface area is 178 Å². The van der Waals surface area contributed by atoms with Crippen LogP contribution in [0, 0.1) is 31.4 Å². The maximum Gasteiger partial charge on any atom is 0.216 e. The third kappa shape index (κ3) is 3.99. The highest BCUT2D eigenvalue weighted by Crippen LogP contribution is 2.18. The zero-order valence-electron chi connectivity index (χ0n) is 16.9. The van der Waals surface area contributed by atoms with Crippen LogP contribution in [0.25, 0.3) is 11.4 Å². The van der Waals surface area contributed by atoms with Crippen molar-refractivity contribution in [3.63, 3.8) is 0 Å². The highest BCUT2D eigenvalue weighted by Gasteiger charge is 2.12. The second-order valence-electron chi connectivity index (χ2n) is 7.14. The molecule has 6 nitrogen and oxygen atoms in total. The molecule has 8 heteroatoms. The Bertz CT molecular complexity index is 1260. The van der Waals surface area contributed by atoms with Gasteiger partial charge in [0.15, 0.2) is 5.82 Å². The summed E-state index contributed by atoms with van der Waals surface area (Å²) in [6, 6.07) is 14.5. The molecule has 4 rings (SSSR count). The van der Waals surface area contributed by atoms with E-state index < -0.39 is 0 Å². The van der Waals surface area contributed by atoms with Crippen LogP contribution in [0.4, 0.5) is 4.39 Å². The van der Waals surface area contributed by atoms with Crippen molar-refractivity contribution in [2.45, 2.75) is 27.3 Å². The molecule has 0 aliphatic carbocycles. The van der Waals surface area contributed by atoms with Crippen molar-refractivity contribution >= 4 is 18.4 Å². The smallest absolute Gasteiger partial charge is 0.216 e. The summed E-state index contributed by atoms with van der Waals surface area (Å²) in [5.41, 5.74) is 5.94. The third-order valence-electron chi connectivity index (χ3n) is 4.95. The predicted molar refractivity (Wildman–Crippen MR) is 118 cm³/mol. The molecule has 0 aliphatic rings. The van der Waals surface area contributed by atoms with Crippen molar-refractivity contribution in [1.29, 1.82) is 0 Å². The first-order chi connectivity index (χ1) is 14.4. The molecule has 0 unspecified atom stereocenters. The molecule has 4 aromatic rings. The molecule has 30 heavy (non-hydrogen) atoms. The molecule has 2 aromatic heterocycles. The van der Waals surface area contributed by atoms with Gasteiger partial charge in [0, 0.05) is 16.8 Å². The highest BCUT2D eigenvalue weighted by molar-refractivity contribution is 7.71. The van der Waals surface area contributed by atoms with E-state index in [1.54, 1.807) is 18.3 Å². The first kappa shape index (κ1) is 19.9. The first-order valence-corrected chi connectivity index (χ1v) is 9.90. The van der Waals surface area contributed by atoms with Crippen LogP contribution in [0.5, 0.6) is 0 Å². The largest absolute Gasteiger partial charge is 0.265 e. The van der Waals surface area contributed by atoms with Gasteiger partial charge in [-0.2, -0.15) is 20.0 Å². The zero-order chi connectivity index (χ0) is 21.3. The quantitative estimate of drug-likeness (QED) is 0.373. The molecule has 0 saturated heterocycles. The Morgan fingerprint density at radius 2 is 1.77 bits per heavy atom. The van der Waals surface area contributed by atoms with Gasteiger partial charge in [-0.3, -0.25) is 4.68 Å². The number of aromatic nitrogens is 5. The Morgan fingerprint density at radius 3 is 2.47 bits per heavy atom. The molecule has 0 atom stereocenters. The van der Waals surface area contributed by atoms with E-state index >= 15 is 0 Å². The molecule has 0 amide bonds. The van der Waals surface area contributed by atoms with Gasteiger partial charge in [0.25, 0.3) is 0 Å². The topological polar surface area (TPSA) is 63.8 Å².